The lowest BCUT2D eigenvalue weighted by Gasteiger charge is -2.30. The normalized spacial score (nSPS) is 17.3. The molecule has 0 rings (SSSR count). The lowest BCUT2D eigenvalue weighted by molar-refractivity contribution is -0.123. The largest absolute Gasteiger partial charge is 0.396 e. The fraction of sp³-hybridized carbons (Fsp3) is 0.909. The van der Waals surface area contributed by atoms with Gasteiger partial charge < -0.3 is 10.4 Å². The summed E-state index contributed by atoms with van der Waals surface area (Å²) in [4.78, 5) is 11.6. The minimum atomic E-state index is -0.299. The molecule has 0 spiro atoms. The van der Waals surface area contributed by atoms with Crippen molar-refractivity contribution in [3.63, 3.8) is 0 Å². The first-order valence-electron chi connectivity index (χ1n) is 5.43. The molecule has 0 bridgehead atoms. The Kier molecular flexibility index (Phi) is 6.44. The molecule has 15 heavy (non-hydrogen) atoms. The zero-order valence-corrected chi connectivity index (χ0v) is 11.6. The van der Waals surface area contributed by atoms with Crippen LogP contribution in [0, 0.1) is 5.92 Å². The molecule has 0 saturated carbocycles. The van der Waals surface area contributed by atoms with Crippen LogP contribution in [0.3, 0.4) is 0 Å². The molecule has 0 radical (unpaired) electrons. The molecule has 90 valence electrons. The lowest BCUT2D eigenvalue weighted by atomic mass is 9.94. The maximum atomic E-state index is 11.8. The topological polar surface area (TPSA) is 49.3 Å². The van der Waals surface area contributed by atoms with E-state index in [0.717, 1.165) is 6.42 Å². The maximum absolute atomic E-state index is 11.8. The molecule has 0 aromatic carbocycles. The highest BCUT2D eigenvalue weighted by Crippen LogP contribution is 2.18. The summed E-state index contributed by atoms with van der Waals surface area (Å²) >= 11 is 3.37. The third-order valence-electron chi connectivity index (χ3n) is 2.70. The number of alkyl halides is 1. The maximum Gasteiger partial charge on any atom is 0.234 e. The smallest absolute Gasteiger partial charge is 0.234 e. The Morgan fingerprint density at radius 1 is 1.53 bits per heavy atom. The van der Waals surface area contributed by atoms with Crippen LogP contribution in [0.1, 0.15) is 40.5 Å². The number of aliphatic hydroxyl groups excluding tert-OH is 1. The van der Waals surface area contributed by atoms with Crippen LogP contribution >= 0.6 is 15.9 Å². The molecule has 0 aliphatic carbocycles. The summed E-state index contributed by atoms with van der Waals surface area (Å²) in [5.41, 5.74) is -0.299. The van der Waals surface area contributed by atoms with E-state index in [-0.39, 0.29) is 28.8 Å². The molecular formula is C11H22BrNO2. The van der Waals surface area contributed by atoms with Crippen LogP contribution in [0.15, 0.2) is 0 Å². The van der Waals surface area contributed by atoms with Gasteiger partial charge in [0.05, 0.1) is 4.83 Å². The molecular weight excluding hydrogens is 258 g/mol. The second kappa shape index (κ2) is 6.48. The number of rotatable bonds is 6. The van der Waals surface area contributed by atoms with Gasteiger partial charge in [0.1, 0.15) is 0 Å². The predicted molar refractivity (Wildman–Crippen MR) is 66.1 cm³/mol. The second-order valence-electron chi connectivity index (χ2n) is 4.52. The molecule has 2 unspecified atom stereocenters. The first-order valence-corrected chi connectivity index (χ1v) is 6.35. The van der Waals surface area contributed by atoms with Gasteiger partial charge in [0.2, 0.25) is 5.91 Å². The minimum absolute atomic E-state index is 0.00259. The molecule has 0 aromatic rings. The van der Waals surface area contributed by atoms with Crippen LogP contribution in [0.4, 0.5) is 0 Å². The average Bonchev–Trinajstić information content (AvgIpc) is 2.16. The van der Waals surface area contributed by atoms with Gasteiger partial charge >= 0.3 is 0 Å². The number of carbonyl (C=O) groups excluding carboxylic acids is 1. The SMILES string of the molecule is CCC(C)(CCO)NC(=O)C(Br)C(C)C. The van der Waals surface area contributed by atoms with Gasteiger partial charge in [0, 0.05) is 12.1 Å². The summed E-state index contributed by atoms with van der Waals surface area (Å²) in [5.74, 6) is 0.267. The summed E-state index contributed by atoms with van der Waals surface area (Å²) in [7, 11) is 0. The van der Waals surface area contributed by atoms with E-state index in [0.29, 0.717) is 6.42 Å². The number of aliphatic hydroxyl groups is 1. The fourth-order valence-corrected chi connectivity index (χ4v) is 1.36. The van der Waals surface area contributed by atoms with Crippen molar-refractivity contribution in [3.8, 4) is 0 Å². The van der Waals surface area contributed by atoms with Crippen LogP contribution in [-0.4, -0.2) is 28.0 Å². The number of halogens is 1. The van der Waals surface area contributed by atoms with E-state index in [1.165, 1.54) is 0 Å². The van der Waals surface area contributed by atoms with E-state index in [4.69, 9.17) is 5.11 Å². The van der Waals surface area contributed by atoms with Gasteiger partial charge in [-0.3, -0.25) is 4.79 Å². The summed E-state index contributed by atoms with van der Waals surface area (Å²) in [6, 6.07) is 0. The van der Waals surface area contributed by atoms with E-state index in [2.05, 4.69) is 21.2 Å². The van der Waals surface area contributed by atoms with E-state index in [1.54, 1.807) is 0 Å². The van der Waals surface area contributed by atoms with Gasteiger partial charge in [-0.2, -0.15) is 0 Å². The standard InChI is InChI=1S/C11H22BrNO2/c1-5-11(4,6-7-14)13-10(15)9(12)8(2)3/h8-9,14H,5-7H2,1-4H3,(H,13,15). The van der Waals surface area contributed by atoms with Gasteiger partial charge in [-0.05, 0) is 25.7 Å². The molecule has 1 amide bonds. The molecule has 0 fully saturated rings. The second-order valence-corrected chi connectivity index (χ2v) is 5.51. The zero-order valence-electron chi connectivity index (χ0n) is 10.0. The summed E-state index contributed by atoms with van der Waals surface area (Å²) in [6.07, 6.45) is 1.41. The average molecular weight is 280 g/mol. The van der Waals surface area contributed by atoms with Gasteiger partial charge in [0.15, 0.2) is 0 Å². The number of hydrogen-bond donors (Lipinski definition) is 2. The van der Waals surface area contributed by atoms with E-state index in [1.807, 2.05) is 27.7 Å². The minimum Gasteiger partial charge on any atom is -0.396 e. The van der Waals surface area contributed by atoms with Crippen LogP contribution in [0.5, 0.6) is 0 Å². The summed E-state index contributed by atoms with van der Waals surface area (Å²) < 4.78 is 0. The Balaban J connectivity index is 4.36. The third-order valence-corrected chi connectivity index (χ3v) is 4.18. The molecule has 4 heteroatoms. The van der Waals surface area contributed by atoms with Crippen molar-refractivity contribution in [1.29, 1.82) is 0 Å². The molecule has 0 heterocycles. The van der Waals surface area contributed by atoms with Crippen molar-refractivity contribution < 1.29 is 9.90 Å². The summed E-state index contributed by atoms with van der Waals surface area (Å²) in [5, 5.41) is 11.9. The molecule has 2 atom stereocenters. The fourth-order valence-electron chi connectivity index (χ4n) is 1.24. The summed E-state index contributed by atoms with van der Waals surface area (Å²) in [6.45, 7) is 8.05. The van der Waals surface area contributed by atoms with Crippen LogP contribution in [0.25, 0.3) is 0 Å². The van der Waals surface area contributed by atoms with Gasteiger partial charge in [0.25, 0.3) is 0 Å². The first kappa shape index (κ1) is 14.9. The van der Waals surface area contributed by atoms with Crippen LogP contribution < -0.4 is 5.32 Å². The Morgan fingerprint density at radius 2 is 2.07 bits per heavy atom. The Labute approximate surface area is 101 Å². The van der Waals surface area contributed by atoms with Crippen molar-refractivity contribution in [1.82, 2.24) is 5.32 Å². The first-order chi connectivity index (χ1) is 6.86. The lowest BCUT2D eigenvalue weighted by Crippen LogP contribution is -2.49. The van der Waals surface area contributed by atoms with E-state index in [9.17, 15) is 4.79 Å². The molecule has 0 aliphatic rings. The van der Waals surface area contributed by atoms with Crippen molar-refractivity contribution in [2.75, 3.05) is 6.61 Å². The van der Waals surface area contributed by atoms with Crippen molar-refractivity contribution in [3.05, 3.63) is 0 Å². The highest BCUT2D eigenvalue weighted by Gasteiger charge is 2.27. The van der Waals surface area contributed by atoms with Crippen LogP contribution in [0.2, 0.25) is 0 Å². The molecule has 3 nitrogen and oxygen atoms in total. The van der Waals surface area contributed by atoms with Gasteiger partial charge in [-0.15, -0.1) is 0 Å². The highest BCUT2D eigenvalue weighted by atomic mass is 79.9. The number of amides is 1. The van der Waals surface area contributed by atoms with E-state index < -0.39 is 0 Å². The predicted octanol–water partition coefficient (Wildman–Crippen LogP) is 2.07. The Bertz CT molecular complexity index is 209. The molecule has 0 aromatic heterocycles. The number of nitrogens with one attached hydrogen (secondary N) is 1. The quantitative estimate of drug-likeness (QED) is 0.732. The van der Waals surface area contributed by atoms with Crippen molar-refractivity contribution >= 4 is 21.8 Å². The number of carbonyl (C=O) groups is 1. The molecule has 0 aliphatic heterocycles. The Hall–Kier alpha value is -0.0900. The van der Waals surface area contributed by atoms with Crippen LogP contribution in [-0.2, 0) is 4.79 Å². The van der Waals surface area contributed by atoms with Crippen molar-refractivity contribution in [2.45, 2.75) is 50.9 Å². The zero-order chi connectivity index (χ0) is 12.1. The highest BCUT2D eigenvalue weighted by molar-refractivity contribution is 9.10. The Morgan fingerprint density at radius 3 is 2.40 bits per heavy atom. The molecule has 0 saturated heterocycles. The monoisotopic (exact) mass is 279 g/mol. The molecule has 2 N–H and O–H groups in total. The van der Waals surface area contributed by atoms with Gasteiger partial charge in [-0.25, -0.2) is 0 Å². The third kappa shape index (κ3) is 4.98. The van der Waals surface area contributed by atoms with Crippen molar-refractivity contribution in [2.24, 2.45) is 5.92 Å². The number of hydrogen-bond acceptors (Lipinski definition) is 2. The van der Waals surface area contributed by atoms with Gasteiger partial charge in [-0.1, -0.05) is 36.7 Å². The van der Waals surface area contributed by atoms with E-state index >= 15 is 0 Å².